The Hall–Kier alpha value is -2.24. The normalized spacial score (nSPS) is 15.1. The molecule has 0 radical (unpaired) electrons. The number of hydrogen-bond acceptors (Lipinski definition) is 5. The molecule has 1 amide bonds. The molecule has 1 aliphatic rings. The summed E-state index contributed by atoms with van der Waals surface area (Å²) in [5.74, 6) is 1.17. The Bertz CT molecular complexity index is 761. The molecule has 2 aromatic heterocycles. The lowest BCUT2D eigenvalue weighted by Gasteiger charge is -2.26. The first-order valence-electron chi connectivity index (χ1n) is 9.57. The zero-order chi connectivity index (χ0) is 18.7. The average molecular weight is 356 g/mol. The van der Waals surface area contributed by atoms with Crippen LogP contribution in [0, 0.1) is 5.92 Å². The Labute approximate surface area is 155 Å². The molecule has 6 heteroatoms. The molecule has 0 atom stereocenters. The van der Waals surface area contributed by atoms with E-state index in [1.165, 1.54) is 6.42 Å². The number of rotatable bonds is 5. The van der Waals surface area contributed by atoms with Crippen LogP contribution in [-0.2, 0) is 6.42 Å². The highest BCUT2D eigenvalue weighted by atomic mass is 16.3. The van der Waals surface area contributed by atoms with Crippen LogP contribution >= 0.6 is 0 Å². The van der Waals surface area contributed by atoms with Gasteiger partial charge in [0.2, 0.25) is 5.89 Å². The van der Waals surface area contributed by atoms with Crippen molar-refractivity contribution in [3.05, 3.63) is 29.3 Å². The zero-order valence-electron chi connectivity index (χ0n) is 16.2. The van der Waals surface area contributed by atoms with E-state index in [9.17, 15) is 4.79 Å². The van der Waals surface area contributed by atoms with Crippen molar-refractivity contribution in [2.45, 2.75) is 59.3 Å². The lowest BCUT2D eigenvalue weighted by atomic mass is 10.0. The number of oxazole rings is 1. The third-order valence-electron chi connectivity index (χ3n) is 4.68. The van der Waals surface area contributed by atoms with E-state index in [4.69, 9.17) is 4.42 Å². The molecular formula is C20H28N4O2. The van der Waals surface area contributed by atoms with E-state index in [0.29, 0.717) is 23.2 Å². The summed E-state index contributed by atoms with van der Waals surface area (Å²) in [4.78, 5) is 19.2. The van der Waals surface area contributed by atoms with Gasteiger partial charge in [0.1, 0.15) is 6.26 Å². The van der Waals surface area contributed by atoms with E-state index in [1.54, 1.807) is 6.26 Å². The fraction of sp³-hybridized carbons (Fsp3) is 0.600. The lowest BCUT2D eigenvalue weighted by molar-refractivity contribution is 0.0717. The molecular weight excluding hydrogens is 328 g/mol. The molecule has 0 N–H and O–H groups in total. The second-order valence-corrected chi connectivity index (χ2v) is 7.79. The molecule has 140 valence electrons. The van der Waals surface area contributed by atoms with Gasteiger partial charge in [-0.1, -0.05) is 27.7 Å². The Kier molecular flexibility index (Phi) is 5.69. The summed E-state index contributed by atoms with van der Waals surface area (Å²) in [6, 6.07) is 1.87. The molecule has 0 spiro atoms. The monoisotopic (exact) mass is 356 g/mol. The fourth-order valence-corrected chi connectivity index (χ4v) is 3.23. The van der Waals surface area contributed by atoms with E-state index in [-0.39, 0.29) is 11.8 Å². The standard InChI is InChI=1S/C20H28N4O2/c1-13(2)10-15-11-16(20(25)24-8-6-5-7-9-24)22-23-18(15)19-21-17(12-26-19)14(3)4/h11-14H,5-10H2,1-4H3. The van der Waals surface area contributed by atoms with Crippen LogP contribution < -0.4 is 0 Å². The van der Waals surface area contributed by atoms with Gasteiger partial charge in [-0.3, -0.25) is 4.79 Å². The van der Waals surface area contributed by atoms with Gasteiger partial charge in [0.05, 0.1) is 5.69 Å². The summed E-state index contributed by atoms with van der Waals surface area (Å²) in [6.45, 7) is 10.0. The molecule has 1 aliphatic heterocycles. The summed E-state index contributed by atoms with van der Waals surface area (Å²) >= 11 is 0. The number of piperidine rings is 1. The summed E-state index contributed by atoms with van der Waals surface area (Å²) in [7, 11) is 0. The Morgan fingerprint density at radius 2 is 1.88 bits per heavy atom. The van der Waals surface area contributed by atoms with Crippen molar-refractivity contribution in [2.24, 2.45) is 5.92 Å². The van der Waals surface area contributed by atoms with E-state index in [1.807, 2.05) is 11.0 Å². The number of carbonyl (C=O) groups excluding carboxylic acids is 1. The van der Waals surface area contributed by atoms with Crippen molar-refractivity contribution in [3.8, 4) is 11.6 Å². The van der Waals surface area contributed by atoms with E-state index in [0.717, 1.165) is 43.6 Å². The summed E-state index contributed by atoms with van der Waals surface area (Å²) in [5, 5.41) is 8.55. The first-order valence-corrected chi connectivity index (χ1v) is 9.57. The number of amides is 1. The van der Waals surface area contributed by atoms with Crippen molar-refractivity contribution in [3.63, 3.8) is 0 Å². The lowest BCUT2D eigenvalue weighted by Crippen LogP contribution is -2.36. The maximum Gasteiger partial charge on any atom is 0.274 e. The van der Waals surface area contributed by atoms with Crippen LogP contribution in [0.1, 0.15) is 74.6 Å². The minimum Gasteiger partial charge on any atom is -0.443 e. The SMILES string of the molecule is CC(C)Cc1cc(C(=O)N2CCCCC2)nnc1-c1nc(C(C)C)co1. The first-order chi connectivity index (χ1) is 12.5. The van der Waals surface area contributed by atoms with Gasteiger partial charge in [-0.15, -0.1) is 10.2 Å². The number of hydrogen-bond donors (Lipinski definition) is 0. The minimum atomic E-state index is -0.0240. The van der Waals surface area contributed by atoms with Crippen LogP contribution in [0.3, 0.4) is 0 Å². The molecule has 6 nitrogen and oxygen atoms in total. The second-order valence-electron chi connectivity index (χ2n) is 7.79. The fourth-order valence-electron chi connectivity index (χ4n) is 3.23. The highest BCUT2D eigenvalue weighted by molar-refractivity contribution is 5.92. The Morgan fingerprint density at radius 3 is 2.50 bits per heavy atom. The molecule has 0 aliphatic carbocycles. The van der Waals surface area contributed by atoms with Crippen LogP contribution in [-0.4, -0.2) is 39.1 Å². The Balaban J connectivity index is 1.93. The first kappa shape index (κ1) is 18.5. The Morgan fingerprint density at radius 1 is 1.15 bits per heavy atom. The predicted octanol–water partition coefficient (Wildman–Crippen LogP) is 4.08. The van der Waals surface area contributed by atoms with Crippen molar-refractivity contribution < 1.29 is 9.21 Å². The molecule has 26 heavy (non-hydrogen) atoms. The number of aromatic nitrogens is 3. The summed E-state index contributed by atoms with van der Waals surface area (Å²) < 4.78 is 5.64. The van der Waals surface area contributed by atoms with Crippen molar-refractivity contribution in [2.75, 3.05) is 13.1 Å². The molecule has 3 rings (SSSR count). The molecule has 1 saturated heterocycles. The van der Waals surface area contributed by atoms with Crippen molar-refractivity contribution >= 4 is 5.91 Å². The van der Waals surface area contributed by atoms with E-state index in [2.05, 4.69) is 42.9 Å². The van der Waals surface area contributed by atoms with Gasteiger partial charge in [0, 0.05) is 13.1 Å². The second kappa shape index (κ2) is 7.98. The summed E-state index contributed by atoms with van der Waals surface area (Å²) in [6.07, 6.45) is 5.78. The molecule has 0 saturated carbocycles. The quantitative estimate of drug-likeness (QED) is 0.807. The highest BCUT2D eigenvalue weighted by Gasteiger charge is 2.23. The number of nitrogens with zero attached hydrogens (tertiary/aromatic N) is 4. The van der Waals surface area contributed by atoms with Gasteiger partial charge in [0.25, 0.3) is 5.91 Å². The van der Waals surface area contributed by atoms with Crippen LogP contribution in [0.4, 0.5) is 0 Å². The van der Waals surface area contributed by atoms with Gasteiger partial charge in [-0.05, 0) is 49.1 Å². The minimum absolute atomic E-state index is 0.0240. The molecule has 2 aromatic rings. The third-order valence-corrected chi connectivity index (χ3v) is 4.68. The number of carbonyl (C=O) groups is 1. The molecule has 0 aromatic carbocycles. The van der Waals surface area contributed by atoms with E-state index >= 15 is 0 Å². The average Bonchev–Trinajstić information content (AvgIpc) is 3.11. The van der Waals surface area contributed by atoms with Gasteiger partial charge in [0.15, 0.2) is 11.4 Å². The van der Waals surface area contributed by atoms with Crippen molar-refractivity contribution in [1.29, 1.82) is 0 Å². The van der Waals surface area contributed by atoms with Gasteiger partial charge in [-0.25, -0.2) is 4.98 Å². The maximum atomic E-state index is 12.8. The van der Waals surface area contributed by atoms with Gasteiger partial charge < -0.3 is 9.32 Å². The maximum absolute atomic E-state index is 12.8. The molecule has 3 heterocycles. The van der Waals surface area contributed by atoms with Crippen LogP contribution in [0.25, 0.3) is 11.6 Å². The zero-order valence-corrected chi connectivity index (χ0v) is 16.2. The predicted molar refractivity (Wildman–Crippen MR) is 99.9 cm³/mol. The van der Waals surface area contributed by atoms with Gasteiger partial charge in [-0.2, -0.15) is 0 Å². The van der Waals surface area contributed by atoms with Gasteiger partial charge >= 0.3 is 0 Å². The molecule has 0 unspecified atom stereocenters. The molecule has 1 fully saturated rings. The van der Waals surface area contributed by atoms with Crippen LogP contribution in [0.15, 0.2) is 16.7 Å². The summed E-state index contributed by atoms with van der Waals surface area (Å²) in [5.41, 5.74) is 2.92. The molecule has 0 bridgehead atoms. The number of likely N-dealkylation sites (tertiary alicyclic amines) is 1. The topological polar surface area (TPSA) is 72.1 Å². The largest absolute Gasteiger partial charge is 0.443 e. The van der Waals surface area contributed by atoms with Crippen molar-refractivity contribution in [1.82, 2.24) is 20.1 Å². The van der Waals surface area contributed by atoms with Crippen LogP contribution in [0.2, 0.25) is 0 Å². The van der Waals surface area contributed by atoms with E-state index < -0.39 is 0 Å². The highest BCUT2D eigenvalue weighted by Crippen LogP contribution is 2.26. The van der Waals surface area contributed by atoms with Crippen LogP contribution in [0.5, 0.6) is 0 Å². The smallest absolute Gasteiger partial charge is 0.274 e. The third kappa shape index (κ3) is 4.11.